The minimum absolute atomic E-state index is 0.00923. The number of hydrogen-bond acceptors (Lipinski definition) is 15. The molecule has 4 aliphatic rings. The van der Waals surface area contributed by atoms with Crippen molar-refractivity contribution in [2.24, 2.45) is 10.2 Å². The van der Waals surface area contributed by atoms with Crippen LogP contribution in [0.2, 0.25) is 10.0 Å². The first-order valence-electron chi connectivity index (χ1n) is 28.5. The summed E-state index contributed by atoms with van der Waals surface area (Å²) in [6, 6.07) is 13.6. The molecule has 0 radical (unpaired) electrons. The van der Waals surface area contributed by atoms with Gasteiger partial charge in [-0.2, -0.15) is 10.2 Å². The number of hydrogen-bond donors (Lipinski definition) is 4. The predicted molar refractivity (Wildman–Crippen MR) is 323 cm³/mol. The number of carbonyl (C=O) groups is 4. The quantitative estimate of drug-likeness (QED) is 0.0503. The van der Waals surface area contributed by atoms with E-state index in [-0.39, 0.29) is 48.8 Å². The highest BCUT2D eigenvalue weighted by atomic mass is 35.5. The van der Waals surface area contributed by atoms with E-state index >= 15 is 0 Å². The van der Waals surface area contributed by atoms with Gasteiger partial charge in [0.2, 0.25) is 0 Å². The Hall–Kier alpha value is -8.08. The molecule has 8 heterocycles. The number of carbonyl (C=O) groups excluding carboxylic acids is 3. The minimum Gasteiger partial charge on any atom is -0.478 e. The van der Waals surface area contributed by atoms with Crippen LogP contribution >= 0.6 is 23.2 Å². The van der Waals surface area contributed by atoms with E-state index < -0.39 is 23.3 Å². The Bertz CT molecular complexity index is 3510. The molecule has 25 nitrogen and oxygen atoms in total. The predicted octanol–water partition coefficient (Wildman–Crippen LogP) is 11.8. The molecule has 0 saturated carbocycles. The maximum absolute atomic E-state index is 13.8. The Labute approximate surface area is 503 Å². The summed E-state index contributed by atoms with van der Waals surface area (Å²) in [5.74, 6) is 0.568. The van der Waals surface area contributed by atoms with E-state index in [1.807, 2.05) is 70.1 Å². The van der Waals surface area contributed by atoms with Gasteiger partial charge >= 0.3 is 18.2 Å². The number of rotatable bonds is 12. The first-order chi connectivity index (χ1) is 40.4. The van der Waals surface area contributed by atoms with Crippen molar-refractivity contribution in [3.63, 3.8) is 0 Å². The summed E-state index contributed by atoms with van der Waals surface area (Å²) in [4.78, 5) is 70.4. The molecule has 4 N–H and O–H groups in total. The summed E-state index contributed by atoms with van der Waals surface area (Å²) in [7, 11) is 0. The second kappa shape index (κ2) is 27.8. The fourth-order valence-corrected chi connectivity index (χ4v) is 11.2. The van der Waals surface area contributed by atoms with Crippen LogP contribution in [0.1, 0.15) is 159 Å². The van der Waals surface area contributed by atoms with Gasteiger partial charge in [0.1, 0.15) is 22.8 Å². The zero-order valence-corrected chi connectivity index (χ0v) is 50.8. The molecule has 2 aromatic carbocycles. The van der Waals surface area contributed by atoms with Gasteiger partial charge in [0.15, 0.2) is 11.3 Å². The van der Waals surface area contributed by atoms with Crippen LogP contribution in [0.3, 0.4) is 0 Å². The largest absolute Gasteiger partial charge is 0.478 e. The summed E-state index contributed by atoms with van der Waals surface area (Å²) in [5.41, 5.74) is 22.9. The van der Waals surface area contributed by atoms with Crippen molar-refractivity contribution in [2.75, 3.05) is 49.1 Å². The van der Waals surface area contributed by atoms with E-state index in [1.165, 1.54) is 25.0 Å². The van der Waals surface area contributed by atoms with Crippen LogP contribution in [0.4, 0.5) is 21.2 Å². The Morgan fingerprint density at radius 2 is 1.18 bits per heavy atom. The molecular weight excluding hydrogens is 1130 g/mol. The highest BCUT2D eigenvalue weighted by Gasteiger charge is 2.34. The smallest absolute Gasteiger partial charge is 0.407 e. The molecule has 0 bridgehead atoms. The molecule has 4 aliphatic heterocycles. The number of ether oxygens (including phenoxy) is 2. The number of aromatic carboxylic acids is 1. The summed E-state index contributed by atoms with van der Waals surface area (Å²) in [6.07, 6.45) is 11.1. The number of fused-ring (bicyclic) bond motifs is 2. The zero-order valence-electron chi connectivity index (χ0n) is 49.3. The molecule has 4 fully saturated rings. The van der Waals surface area contributed by atoms with E-state index in [0.717, 1.165) is 105 Å². The summed E-state index contributed by atoms with van der Waals surface area (Å²) in [5, 5.41) is 35.6. The molecular formula is C58H74Cl2N18O7. The Morgan fingerprint density at radius 1 is 0.682 bits per heavy atom. The highest BCUT2D eigenvalue weighted by Crippen LogP contribution is 2.35. The normalized spacial score (nSPS) is 18.7. The molecule has 6 aromatic rings. The Kier molecular flexibility index (Phi) is 20.6. The second-order valence-electron chi connectivity index (χ2n) is 23.6. The van der Waals surface area contributed by atoms with E-state index in [1.54, 1.807) is 28.8 Å². The SMILES string of the molecule is Cc1cn2nc([C@@H]3CCCCN3)cc2nc1N1CC[C@H](NC(=O)OC(C)(C)C)C1.Cc1cn2nc([C@@H]3CCCCN3C(=O)c3cc(Cl)ccc3CN=[N+]=[N-])cc2nc1N1CC[C@H](NC(=O)OC(C)(C)C)C1.[N-]=[N+]=NCc1ccc(Cl)cc1C(=O)O. The zero-order chi connectivity index (χ0) is 61.2. The van der Waals surface area contributed by atoms with Crippen molar-refractivity contribution >= 4 is 70.2 Å². The van der Waals surface area contributed by atoms with Gasteiger partial charge in [-0.15, -0.1) is 0 Å². The number of halogens is 2. The lowest BCUT2D eigenvalue weighted by molar-refractivity contribution is 0.0497. The van der Waals surface area contributed by atoms with Gasteiger partial charge in [0.05, 0.1) is 54.2 Å². The molecule has 3 amide bonds. The number of carboxylic acid groups (broad SMARTS) is 1. The lowest BCUT2D eigenvalue weighted by atomic mass is 9.97. The van der Waals surface area contributed by atoms with Crippen LogP contribution in [0.25, 0.3) is 32.2 Å². The van der Waals surface area contributed by atoms with Gasteiger partial charge in [-0.25, -0.2) is 33.4 Å². The standard InChI is InChI=1S/C29H36ClN9O3.C21H32N6O2.C8H6ClN3O2/c1-18-16-39-25(34-26(18)37-12-10-21(17-37)33-28(41)42-29(2,3)4)14-23(35-39)24-7-5-6-11-38(24)27(40)22-13-20(30)9-8-19(22)15-32-36-31;1-14-12-27-18(11-17(25-27)16-7-5-6-9-22-16)24-19(14)26-10-8-15(13-26)23-20(28)29-21(2,3)4;9-6-2-1-5(4-11-12-10)7(3-6)8(13)14/h8-9,13-14,16,21,24H,5-7,10-12,15,17H2,1-4H3,(H,33,41);11-12,15-16,22H,5-10,13H2,1-4H3,(H,23,28);1-3H,4H2,(H,13,14)/t21-,24-;15-,16-;/m00./s1. The Morgan fingerprint density at radius 3 is 1.67 bits per heavy atom. The molecule has 0 aliphatic carbocycles. The van der Waals surface area contributed by atoms with Crippen molar-refractivity contribution < 1.29 is 33.8 Å². The average molecular weight is 1210 g/mol. The monoisotopic (exact) mass is 1200 g/mol. The number of aryl methyl sites for hydroxylation is 2. The molecule has 4 atom stereocenters. The van der Waals surface area contributed by atoms with Gasteiger partial charge in [-0.3, -0.25) is 4.79 Å². The van der Waals surface area contributed by atoms with Crippen LogP contribution in [-0.4, -0.2) is 126 Å². The minimum atomic E-state index is -1.09. The number of benzene rings is 2. The molecule has 0 spiro atoms. The van der Waals surface area contributed by atoms with Crippen molar-refractivity contribution in [3.8, 4) is 0 Å². The summed E-state index contributed by atoms with van der Waals surface area (Å²) >= 11 is 11.9. The van der Waals surface area contributed by atoms with E-state index in [0.29, 0.717) is 51.5 Å². The van der Waals surface area contributed by atoms with Gasteiger partial charge in [-0.05, 0) is 153 Å². The van der Waals surface area contributed by atoms with Crippen LogP contribution in [0.15, 0.2) is 71.2 Å². The fourth-order valence-electron chi connectivity index (χ4n) is 10.8. The Balaban J connectivity index is 0.000000188. The molecule has 0 unspecified atom stereocenters. The lowest BCUT2D eigenvalue weighted by Gasteiger charge is -2.35. The van der Waals surface area contributed by atoms with Crippen molar-refractivity contribution in [3.05, 3.63) is 137 Å². The fraction of sp³-hybridized carbons (Fsp3) is 0.517. The van der Waals surface area contributed by atoms with Gasteiger partial charge in [0, 0.05) is 93.8 Å². The van der Waals surface area contributed by atoms with Crippen LogP contribution in [-0.2, 0) is 22.6 Å². The highest BCUT2D eigenvalue weighted by molar-refractivity contribution is 6.31. The molecule has 27 heteroatoms. The number of nitrogens with zero attached hydrogens (tertiary/aromatic N) is 15. The third-order valence-corrected chi connectivity index (χ3v) is 15.1. The van der Waals surface area contributed by atoms with Gasteiger partial charge in [-0.1, -0.05) is 52.0 Å². The van der Waals surface area contributed by atoms with Crippen LogP contribution in [0.5, 0.6) is 0 Å². The number of carboxylic acids is 1. The first-order valence-corrected chi connectivity index (χ1v) is 29.3. The van der Waals surface area contributed by atoms with Crippen molar-refractivity contribution in [1.82, 2.24) is 50.0 Å². The maximum atomic E-state index is 13.8. The first kappa shape index (κ1) is 63.0. The molecule has 4 aromatic heterocycles. The number of alkyl carbamates (subject to hydrolysis) is 2. The van der Waals surface area contributed by atoms with E-state index in [9.17, 15) is 19.2 Å². The number of likely N-dealkylation sites (tertiary alicyclic amines) is 1. The van der Waals surface area contributed by atoms with Crippen LogP contribution < -0.4 is 25.8 Å². The van der Waals surface area contributed by atoms with E-state index in [2.05, 4.69) is 65.0 Å². The van der Waals surface area contributed by atoms with E-state index in [4.69, 9.17) is 69.0 Å². The summed E-state index contributed by atoms with van der Waals surface area (Å²) in [6.45, 7) is 19.9. The van der Waals surface area contributed by atoms with Crippen molar-refractivity contribution in [1.29, 1.82) is 0 Å². The topological polar surface area (TPSA) is 311 Å². The maximum Gasteiger partial charge on any atom is 0.407 e. The van der Waals surface area contributed by atoms with Gasteiger partial charge < -0.3 is 45.2 Å². The summed E-state index contributed by atoms with van der Waals surface area (Å²) < 4.78 is 14.5. The second-order valence-corrected chi connectivity index (χ2v) is 24.5. The molecule has 4 saturated heterocycles. The number of amides is 3. The van der Waals surface area contributed by atoms with Crippen molar-refractivity contribution in [2.45, 2.75) is 155 Å². The third kappa shape index (κ3) is 16.8. The number of anilines is 2. The molecule has 452 valence electrons. The molecule has 10 rings (SSSR count). The molecule has 85 heavy (non-hydrogen) atoms. The number of aromatic nitrogens is 6. The van der Waals surface area contributed by atoms with Crippen LogP contribution in [0, 0.1) is 13.8 Å². The lowest BCUT2D eigenvalue weighted by Crippen LogP contribution is -2.40. The van der Waals surface area contributed by atoms with Gasteiger partial charge in [0.25, 0.3) is 5.91 Å². The average Bonchev–Trinajstić information content (AvgIpc) is 4.14. The number of nitrogens with one attached hydrogen (secondary N) is 3. The third-order valence-electron chi connectivity index (χ3n) is 14.7. The number of azide groups is 2. The number of piperidine rings is 2.